The Labute approximate surface area is 95.9 Å². The molecule has 0 atom stereocenters. The van der Waals surface area contributed by atoms with E-state index in [9.17, 15) is 0 Å². The molecular formula is C11H7IN2. The molecule has 0 spiro atoms. The van der Waals surface area contributed by atoms with Crippen LogP contribution in [-0.4, -0.2) is 4.57 Å². The molecule has 0 unspecified atom stereocenters. The number of hydrogen-bond acceptors (Lipinski definition) is 1. The highest BCUT2D eigenvalue weighted by Crippen LogP contribution is 2.14. The summed E-state index contributed by atoms with van der Waals surface area (Å²) in [4.78, 5) is 0. The second-order valence-corrected chi connectivity index (χ2v) is 4.10. The summed E-state index contributed by atoms with van der Waals surface area (Å²) in [5.74, 6) is 0. The van der Waals surface area contributed by atoms with Crippen molar-refractivity contribution < 1.29 is 0 Å². The third-order valence-corrected chi connectivity index (χ3v) is 2.62. The molecule has 0 amide bonds. The molecule has 2 nitrogen and oxygen atoms in total. The summed E-state index contributed by atoms with van der Waals surface area (Å²) in [6.45, 7) is 0. The maximum atomic E-state index is 8.87. The largest absolute Gasteiger partial charge is 0.308 e. The summed E-state index contributed by atoms with van der Waals surface area (Å²) in [5.41, 5.74) is 1.69. The zero-order chi connectivity index (χ0) is 9.97. The Balaban J connectivity index is 2.56. The van der Waals surface area contributed by atoms with Gasteiger partial charge in [-0.05, 0) is 52.9 Å². The Morgan fingerprint density at radius 3 is 2.79 bits per heavy atom. The lowest BCUT2D eigenvalue weighted by atomic mass is 10.3. The molecule has 0 aliphatic rings. The molecule has 0 saturated carbocycles. The molecule has 2 aromatic rings. The minimum Gasteiger partial charge on any atom is -0.308 e. The minimum absolute atomic E-state index is 0.659. The lowest BCUT2D eigenvalue weighted by Crippen LogP contribution is -1.94. The highest BCUT2D eigenvalue weighted by Gasteiger charge is 2.01. The molecule has 68 valence electrons. The van der Waals surface area contributed by atoms with Gasteiger partial charge in [0.1, 0.15) is 11.8 Å². The van der Waals surface area contributed by atoms with Crippen LogP contribution in [0.15, 0.2) is 42.6 Å². The number of halogens is 1. The molecule has 0 N–H and O–H groups in total. The zero-order valence-electron chi connectivity index (χ0n) is 7.31. The second-order valence-electron chi connectivity index (χ2n) is 2.86. The zero-order valence-corrected chi connectivity index (χ0v) is 9.47. The average Bonchev–Trinajstić information content (AvgIpc) is 2.65. The SMILES string of the molecule is N#Cc1cccn1-c1cccc(I)c1. The third-order valence-electron chi connectivity index (χ3n) is 1.95. The van der Waals surface area contributed by atoms with Crippen LogP contribution >= 0.6 is 22.6 Å². The van der Waals surface area contributed by atoms with E-state index in [1.165, 1.54) is 0 Å². The van der Waals surface area contributed by atoms with E-state index in [0.29, 0.717) is 5.69 Å². The van der Waals surface area contributed by atoms with Gasteiger partial charge in [0.2, 0.25) is 0 Å². The number of benzene rings is 1. The summed E-state index contributed by atoms with van der Waals surface area (Å²) in [6.07, 6.45) is 1.89. The molecule has 0 aliphatic heterocycles. The van der Waals surface area contributed by atoms with Gasteiger partial charge in [-0.25, -0.2) is 0 Å². The number of nitrogens with zero attached hydrogens (tertiary/aromatic N) is 2. The first kappa shape index (κ1) is 9.28. The predicted octanol–water partition coefficient (Wildman–Crippen LogP) is 2.95. The summed E-state index contributed by atoms with van der Waals surface area (Å²) in [7, 11) is 0. The van der Waals surface area contributed by atoms with Gasteiger partial charge in [0.25, 0.3) is 0 Å². The van der Waals surface area contributed by atoms with Gasteiger partial charge >= 0.3 is 0 Å². The second kappa shape index (κ2) is 3.84. The normalized spacial score (nSPS) is 9.71. The Morgan fingerprint density at radius 2 is 2.07 bits per heavy atom. The molecule has 0 fully saturated rings. The predicted molar refractivity (Wildman–Crippen MR) is 63.2 cm³/mol. The van der Waals surface area contributed by atoms with E-state index in [4.69, 9.17) is 5.26 Å². The molecule has 0 aliphatic carbocycles. The number of hydrogen-bond donors (Lipinski definition) is 0. The van der Waals surface area contributed by atoms with Crippen LogP contribution in [0.3, 0.4) is 0 Å². The Bertz CT molecular complexity index is 494. The van der Waals surface area contributed by atoms with Crippen LogP contribution in [0.1, 0.15) is 5.69 Å². The Hall–Kier alpha value is -1.28. The van der Waals surface area contributed by atoms with Gasteiger partial charge in [0.05, 0.1) is 0 Å². The maximum absolute atomic E-state index is 8.87. The first-order valence-corrected chi connectivity index (χ1v) is 5.22. The molecule has 3 heteroatoms. The molecule has 0 bridgehead atoms. The van der Waals surface area contributed by atoms with Crippen LogP contribution in [0.5, 0.6) is 0 Å². The van der Waals surface area contributed by atoms with Crippen molar-refractivity contribution in [3.8, 4) is 11.8 Å². The van der Waals surface area contributed by atoms with Gasteiger partial charge in [0, 0.05) is 15.5 Å². The first-order valence-electron chi connectivity index (χ1n) is 4.14. The number of aromatic nitrogens is 1. The van der Waals surface area contributed by atoms with E-state index < -0.39 is 0 Å². The first-order chi connectivity index (χ1) is 6.81. The molecule has 1 aromatic heterocycles. The van der Waals surface area contributed by atoms with Gasteiger partial charge in [-0.2, -0.15) is 5.26 Å². The van der Waals surface area contributed by atoms with Gasteiger partial charge in [-0.1, -0.05) is 6.07 Å². The van der Waals surface area contributed by atoms with Crippen molar-refractivity contribution in [1.82, 2.24) is 4.57 Å². The molecule has 1 aromatic carbocycles. The van der Waals surface area contributed by atoms with Crippen LogP contribution in [0.2, 0.25) is 0 Å². The average molecular weight is 294 g/mol. The van der Waals surface area contributed by atoms with E-state index in [2.05, 4.69) is 28.7 Å². The van der Waals surface area contributed by atoms with E-state index in [0.717, 1.165) is 9.26 Å². The lowest BCUT2D eigenvalue weighted by Gasteiger charge is -2.04. The maximum Gasteiger partial charge on any atom is 0.124 e. The van der Waals surface area contributed by atoms with E-state index in [-0.39, 0.29) is 0 Å². The van der Waals surface area contributed by atoms with Gasteiger partial charge < -0.3 is 4.57 Å². The summed E-state index contributed by atoms with van der Waals surface area (Å²) in [5, 5.41) is 8.87. The van der Waals surface area contributed by atoms with Crippen LogP contribution in [0, 0.1) is 14.9 Å². The van der Waals surface area contributed by atoms with Crippen molar-refractivity contribution in [1.29, 1.82) is 5.26 Å². The lowest BCUT2D eigenvalue weighted by molar-refractivity contribution is 1.05. The fourth-order valence-electron chi connectivity index (χ4n) is 1.32. The summed E-state index contributed by atoms with van der Waals surface area (Å²) in [6, 6.07) is 13.9. The quantitative estimate of drug-likeness (QED) is 0.743. The van der Waals surface area contributed by atoms with Crippen LogP contribution in [0.25, 0.3) is 5.69 Å². The molecule has 1 heterocycles. The molecule has 2 rings (SSSR count). The summed E-state index contributed by atoms with van der Waals surface area (Å²) < 4.78 is 3.04. The van der Waals surface area contributed by atoms with Crippen LogP contribution in [0.4, 0.5) is 0 Å². The highest BCUT2D eigenvalue weighted by atomic mass is 127. The van der Waals surface area contributed by atoms with Crippen LogP contribution in [-0.2, 0) is 0 Å². The summed E-state index contributed by atoms with van der Waals surface area (Å²) >= 11 is 2.26. The topological polar surface area (TPSA) is 28.7 Å². The molecule has 0 saturated heterocycles. The van der Waals surface area contributed by atoms with Crippen molar-refractivity contribution in [2.24, 2.45) is 0 Å². The Kier molecular flexibility index (Phi) is 2.55. The highest BCUT2D eigenvalue weighted by molar-refractivity contribution is 14.1. The fourth-order valence-corrected chi connectivity index (χ4v) is 1.85. The van der Waals surface area contributed by atoms with E-state index in [1.54, 1.807) is 6.07 Å². The number of nitriles is 1. The standard InChI is InChI=1S/C11H7IN2/c12-9-3-1-4-10(7-9)14-6-2-5-11(14)8-13/h1-7H. The van der Waals surface area contributed by atoms with Crippen molar-refractivity contribution in [2.75, 3.05) is 0 Å². The van der Waals surface area contributed by atoms with Gasteiger partial charge in [-0.15, -0.1) is 0 Å². The van der Waals surface area contributed by atoms with E-state index >= 15 is 0 Å². The Morgan fingerprint density at radius 1 is 1.21 bits per heavy atom. The van der Waals surface area contributed by atoms with Gasteiger partial charge in [0.15, 0.2) is 0 Å². The molecule has 0 radical (unpaired) electrons. The van der Waals surface area contributed by atoms with Crippen molar-refractivity contribution in [3.63, 3.8) is 0 Å². The van der Waals surface area contributed by atoms with Crippen molar-refractivity contribution in [3.05, 3.63) is 51.9 Å². The van der Waals surface area contributed by atoms with E-state index in [1.807, 2.05) is 41.1 Å². The smallest absolute Gasteiger partial charge is 0.124 e. The molecule has 14 heavy (non-hydrogen) atoms. The van der Waals surface area contributed by atoms with Crippen LogP contribution < -0.4 is 0 Å². The number of rotatable bonds is 1. The molecular weight excluding hydrogens is 287 g/mol. The fraction of sp³-hybridized carbons (Fsp3) is 0. The minimum atomic E-state index is 0.659. The third kappa shape index (κ3) is 1.66. The monoisotopic (exact) mass is 294 g/mol. The van der Waals surface area contributed by atoms with Crippen molar-refractivity contribution >= 4 is 22.6 Å². The van der Waals surface area contributed by atoms with Gasteiger partial charge in [-0.3, -0.25) is 0 Å². The van der Waals surface area contributed by atoms with Crippen molar-refractivity contribution in [2.45, 2.75) is 0 Å².